The lowest BCUT2D eigenvalue weighted by molar-refractivity contribution is 0.261. The molecule has 1 heterocycles. The maximum Gasteiger partial charge on any atom is 0.161 e. The number of aryl methyl sites for hydroxylation is 2. The maximum atomic E-state index is 5.90. The van der Waals surface area contributed by atoms with Crippen LogP contribution in [0.25, 0.3) is 0 Å². The number of rotatable bonds is 6. The average molecular weight is 339 g/mol. The van der Waals surface area contributed by atoms with E-state index in [1.165, 1.54) is 0 Å². The van der Waals surface area contributed by atoms with E-state index in [9.17, 15) is 0 Å². The molecule has 0 spiro atoms. The Kier molecular flexibility index (Phi) is 5.06. The van der Waals surface area contributed by atoms with Crippen LogP contribution in [0, 0.1) is 6.92 Å². The van der Waals surface area contributed by atoms with Gasteiger partial charge in [0.25, 0.3) is 0 Å². The van der Waals surface area contributed by atoms with Crippen LogP contribution in [-0.4, -0.2) is 16.4 Å². The first-order valence-electron chi connectivity index (χ1n) is 6.73. The molecule has 0 aliphatic rings. The van der Waals surface area contributed by atoms with Gasteiger partial charge >= 0.3 is 0 Å². The van der Waals surface area contributed by atoms with Crippen molar-refractivity contribution in [3.63, 3.8) is 0 Å². The van der Waals surface area contributed by atoms with Gasteiger partial charge in [-0.3, -0.25) is 4.68 Å². The van der Waals surface area contributed by atoms with Crippen molar-refractivity contribution in [2.24, 2.45) is 0 Å². The van der Waals surface area contributed by atoms with Crippen LogP contribution >= 0.6 is 15.9 Å². The number of hydrogen-bond donors (Lipinski definition) is 0. The zero-order chi connectivity index (χ0) is 14.5. The molecule has 0 amide bonds. The molecule has 0 N–H and O–H groups in total. The summed E-state index contributed by atoms with van der Waals surface area (Å²) in [6.07, 6.45) is 0. The van der Waals surface area contributed by atoms with Gasteiger partial charge in [0, 0.05) is 6.54 Å². The van der Waals surface area contributed by atoms with Crippen molar-refractivity contribution in [1.29, 1.82) is 0 Å². The van der Waals surface area contributed by atoms with E-state index in [4.69, 9.17) is 9.47 Å². The molecule has 4 nitrogen and oxygen atoms in total. The van der Waals surface area contributed by atoms with E-state index in [2.05, 4.69) is 28.0 Å². The van der Waals surface area contributed by atoms with E-state index in [-0.39, 0.29) is 0 Å². The fraction of sp³-hybridized carbons (Fsp3) is 0.400. The van der Waals surface area contributed by atoms with Crippen molar-refractivity contribution in [2.75, 3.05) is 6.61 Å². The predicted molar refractivity (Wildman–Crippen MR) is 82.3 cm³/mol. The number of benzene rings is 1. The van der Waals surface area contributed by atoms with E-state index in [0.29, 0.717) is 13.2 Å². The molecule has 20 heavy (non-hydrogen) atoms. The van der Waals surface area contributed by atoms with Gasteiger partial charge in [-0.25, -0.2) is 0 Å². The normalized spacial score (nSPS) is 10.6. The predicted octanol–water partition coefficient (Wildman–Crippen LogP) is 3.95. The third-order valence-electron chi connectivity index (χ3n) is 2.97. The second-order valence-electron chi connectivity index (χ2n) is 4.33. The van der Waals surface area contributed by atoms with Gasteiger partial charge < -0.3 is 9.47 Å². The van der Waals surface area contributed by atoms with Crippen molar-refractivity contribution >= 4 is 15.9 Å². The van der Waals surface area contributed by atoms with Crippen LogP contribution in [0.4, 0.5) is 0 Å². The Bertz CT molecular complexity index is 581. The lowest BCUT2D eigenvalue weighted by Crippen LogP contribution is -2.07. The Morgan fingerprint density at radius 2 is 1.80 bits per heavy atom. The molecule has 0 fully saturated rings. The maximum absolute atomic E-state index is 5.90. The van der Waals surface area contributed by atoms with Crippen LogP contribution in [-0.2, 0) is 13.2 Å². The summed E-state index contributed by atoms with van der Waals surface area (Å²) in [5, 5.41) is 4.46. The molecule has 0 saturated carbocycles. The zero-order valence-electron chi connectivity index (χ0n) is 12.0. The molecule has 1 aromatic heterocycles. The third kappa shape index (κ3) is 3.15. The summed E-state index contributed by atoms with van der Waals surface area (Å²) >= 11 is 3.57. The van der Waals surface area contributed by atoms with Crippen LogP contribution < -0.4 is 9.47 Å². The van der Waals surface area contributed by atoms with Gasteiger partial charge in [0.2, 0.25) is 0 Å². The Morgan fingerprint density at radius 3 is 2.40 bits per heavy atom. The Balaban J connectivity index is 2.17. The highest BCUT2D eigenvalue weighted by Crippen LogP contribution is 2.29. The number of ether oxygens (including phenoxy) is 2. The van der Waals surface area contributed by atoms with Crippen LogP contribution in [0.15, 0.2) is 28.7 Å². The van der Waals surface area contributed by atoms with E-state index < -0.39 is 0 Å². The number of aromatic nitrogens is 2. The van der Waals surface area contributed by atoms with Gasteiger partial charge in [-0.15, -0.1) is 0 Å². The summed E-state index contributed by atoms with van der Waals surface area (Å²) in [5.74, 6) is 1.52. The Labute approximate surface area is 127 Å². The largest absolute Gasteiger partial charge is 0.490 e. The van der Waals surface area contributed by atoms with Gasteiger partial charge in [-0.1, -0.05) is 12.1 Å². The fourth-order valence-electron chi connectivity index (χ4n) is 2.00. The van der Waals surface area contributed by atoms with E-state index >= 15 is 0 Å². The summed E-state index contributed by atoms with van der Waals surface area (Å²) in [6.45, 7) is 7.90. The van der Waals surface area contributed by atoms with E-state index in [0.717, 1.165) is 33.9 Å². The van der Waals surface area contributed by atoms with Gasteiger partial charge in [0.1, 0.15) is 6.61 Å². The van der Waals surface area contributed by atoms with Crippen molar-refractivity contribution < 1.29 is 9.47 Å². The van der Waals surface area contributed by atoms with Gasteiger partial charge in [-0.05, 0) is 48.8 Å². The van der Waals surface area contributed by atoms with Crippen LogP contribution in [0.2, 0.25) is 0 Å². The number of halogens is 1. The highest BCUT2D eigenvalue weighted by Gasteiger charge is 2.13. The summed E-state index contributed by atoms with van der Waals surface area (Å²) in [7, 11) is 0. The first-order valence-corrected chi connectivity index (χ1v) is 7.53. The minimum atomic E-state index is 0.458. The second-order valence-corrected chi connectivity index (χ2v) is 5.12. The number of nitrogens with zero attached hydrogens (tertiary/aromatic N) is 2. The van der Waals surface area contributed by atoms with Crippen molar-refractivity contribution in [3.8, 4) is 11.5 Å². The lowest BCUT2D eigenvalue weighted by Gasteiger charge is -2.12. The molecule has 108 valence electrons. The van der Waals surface area contributed by atoms with Crippen molar-refractivity contribution in [1.82, 2.24) is 9.78 Å². The first-order chi connectivity index (χ1) is 9.67. The lowest BCUT2D eigenvalue weighted by atomic mass is 10.3. The van der Waals surface area contributed by atoms with Gasteiger partial charge in [-0.2, -0.15) is 5.10 Å². The second kappa shape index (κ2) is 6.79. The molecular weight excluding hydrogens is 320 g/mol. The van der Waals surface area contributed by atoms with E-state index in [1.807, 2.05) is 42.8 Å². The Morgan fingerprint density at radius 1 is 1.15 bits per heavy atom. The quantitative estimate of drug-likeness (QED) is 0.799. The number of para-hydroxylation sites is 2. The fourth-order valence-corrected chi connectivity index (χ4v) is 2.40. The van der Waals surface area contributed by atoms with Crippen molar-refractivity contribution in [3.05, 3.63) is 40.1 Å². The molecule has 2 rings (SSSR count). The molecule has 1 aromatic carbocycles. The first kappa shape index (κ1) is 14.9. The molecule has 0 aliphatic carbocycles. The summed E-state index contributed by atoms with van der Waals surface area (Å²) in [5.41, 5.74) is 2.01. The summed E-state index contributed by atoms with van der Waals surface area (Å²) < 4.78 is 14.4. The summed E-state index contributed by atoms with van der Waals surface area (Å²) in [6, 6.07) is 7.71. The Hall–Kier alpha value is -1.49. The molecule has 5 heteroatoms. The topological polar surface area (TPSA) is 36.3 Å². The molecular formula is C15H19BrN2O2. The van der Waals surface area contributed by atoms with Gasteiger partial charge in [0.15, 0.2) is 11.5 Å². The third-order valence-corrected chi connectivity index (χ3v) is 4.00. The van der Waals surface area contributed by atoms with Crippen LogP contribution in [0.3, 0.4) is 0 Å². The van der Waals surface area contributed by atoms with Crippen LogP contribution in [0.5, 0.6) is 11.5 Å². The molecule has 2 aromatic rings. The molecule has 0 atom stereocenters. The summed E-state index contributed by atoms with van der Waals surface area (Å²) in [4.78, 5) is 0. The molecule has 0 unspecified atom stereocenters. The molecule has 0 radical (unpaired) electrons. The molecule has 0 saturated heterocycles. The van der Waals surface area contributed by atoms with Gasteiger partial charge in [0.05, 0.1) is 22.5 Å². The minimum Gasteiger partial charge on any atom is -0.490 e. The van der Waals surface area contributed by atoms with Crippen molar-refractivity contribution in [2.45, 2.75) is 33.9 Å². The SMILES string of the molecule is CCOc1ccccc1OCc1c(Br)c(C)nn1CC. The number of hydrogen-bond acceptors (Lipinski definition) is 3. The monoisotopic (exact) mass is 338 g/mol. The zero-order valence-corrected chi connectivity index (χ0v) is 13.6. The molecule has 0 aliphatic heterocycles. The van der Waals surface area contributed by atoms with E-state index in [1.54, 1.807) is 0 Å². The minimum absolute atomic E-state index is 0.458. The standard InChI is InChI=1S/C15H19BrN2O2/c1-4-18-12(15(16)11(3)17-18)10-20-14-9-7-6-8-13(14)19-5-2/h6-9H,4-5,10H2,1-3H3. The average Bonchev–Trinajstić information content (AvgIpc) is 2.74. The van der Waals surface area contributed by atoms with Crippen LogP contribution in [0.1, 0.15) is 25.2 Å². The molecule has 0 bridgehead atoms. The highest BCUT2D eigenvalue weighted by molar-refractivity contribution is 9.10. The highest BCUT2D eigenvalue weighted by atomic mass is 79.9. The smallest absolute Gasteiger partial charge is 0.161 e.